The SMILES string of the molecule is CC(=O)S.COC(=O)[C@@H](C)SC(C)=O.COC(=O)[C@H](C)Cl. The molecule has 0 unspecified atom stereocenters. The first-order chi connectivity index (χ1) is 9.49. The molecule has 0 saturated carbocycles. The molecule has 0 fully saturated rings. The second-order valence-corrected chi connectivity index (χ2v) is 6.24. The van der Waals surface area contributed by atoms with Crippen LogP contribution in [0.4, 0.5) is 0 Å². The number of methoxy groups -OCH3 is 2. The molecule has 0 spiro atoms. The van der Waals surface area contributed by atoms with E-state index in [0.29, 0.717) is 0 Å². The zero-order chi connectivity index (χ0) is 17.6. The third kappa shape index (κ3) is 24.6. The maximum atomic E-state index is 10.7. The van der Waals surface area contributed by atoms with Gasteiger partial charge in [0.25, 0.3) is 0 Å². The Labute approximate surface area is 139 Å². The lowest BCUT2D eigenvalue weighted by atomic mass is 10.5. The summed E-state index contributed by atoms with van der Waals surface area (Å²) in [4.78, 5) is 40.5. The molecule has 0 saturated heterocycles. The van der Waals surface area contributed by atoms with E-state index >= 15 is 0 Å². The molecule has 6 nitrogen and oxygen atoms in total. The zero-order valence-corrected chi connectivity index (χ0v) is 15.3. The summed E-state index contributed by atoms with van der Waals surface area (Å²) < 4.78 is 8.64. The fourth-order valence-corrected chi connectivity index (χ4v) is 1.40. The van der Waals surface area contributed by atoms with Gasteiger partial charge in [-0.25, -0.2) is 0 Å². The summed E-state index contributed by atoms with van der Waals surface area (Å²) in [6.45, 7) is 6.01. The molecule has 9 heteroatoms. The van der Waals surface area contributed by atoms with E-state index in [0.717, 1.165) is 11.8 Å². The highest BCUT2D eigenvalue weighted by atomic mass is 35.5. The number of rotatable bonds is 3. The van der Waals surface area contributed by atoms with Gasteiger partial charge in [0.2, 0.25) is 0 Å². The smallest absolute Gasteiger partial charge is 0.323 e. The third-order valence-corrected chi connectivity index (χ3v) is 2.46. The lowest BCUT2D eigenvalue weighted by Crippen LogP contribution is -2.15. The molecule has 0 bridgehead atoms. The predicted octanol–water partition coefficient (Wildman–Crippen LogP) is 2.08. The highest BCUT2D eigenvalue weighted by Gasteiger charge is 2.14. The first-order valence-electron chi connectivity index (χ1n) is 5.65. The Bertz CT molecular complexity index is 343. The van der Waals surface area contributed by atoms with Crippen LogP contribution in [0.1, 0.15) is 27.7 Å². The van der Waals surface area contributed by atoms with Crippen LogP contribution in [0, 0.1) is 0 Å². The van der Waals surface area contributed by atoms with E-state index in [1.54, 1.807) is 13.8 Å². The van der Waals surface area contributed by atoms with Crippen LogP contribution in [-0.4, -0.2) is 47.0 Å². The van der Waals surface area contributed by atoms with Crippen LogP contribution < -0.4 is 0 Å². The highest BCUT2D eigenvalue weighted by Crippen LogP contribution is 2.11. The number of hydrogen-bond acceptors (Lipinski definition) is 7. The fraction of sp³-hybridized carbons (Fsp3) is 0.667. The fourth-order valence-electron chi connectivity index (χ4n) is 0.625. The minimum absolute atomic E-state index is 0.0714. The van der Waals surface area contributed by atoms with E-state index < -0.39 is 5.38 Å². The lowest BCUT2D eigenvalue weighted by Gasteiger charge is -2.04. The second-order valence-electron chi connectivity index (χ2n) is 3.43. The van der Waals surface area contributed by atoms with Crippen LogP contribution in [0.15, 0.2) is 0 Å². The molecule has 0 N–H and O–H groups in total. The molecule has 124 valence electrons. The average molecular weight is 361 g/mol. The Balaban J connectivity index is -0.000000256. The van der Waals surface area contributed by atoms with E-state index in [9.17, 15) is 19.2 Å². The summed E-state index contributed by atoms with van der Waals surface area (Å²) in [6, 6.07) is 0. The molecule has 0 aliphatic carbocycles. The van der Waals surface area contributed by atoms with Crippen molar-refractivity contribution < 1.29 is 28.7 Å². The number of esters is 2. The molecule has 0 aliphatic rings. The van der Waals surface area contributed by atoms with E-state index in [4.69, 9.17) is 11.6 Å². The van der Waals surface area contributed by atoms with Gasteiger partial charge in [-0.2, -0.15) is 0 Å². The normalized spacial score (nSPS) is 11.4. The Morgan fingerprint density at radius 1 is 1.00 bits per heavy atom. The first kappa shape index (κ1) is 25.2. The monoisotopic (exact) mass is 360 g/mol. The van der Waals surface area contributed by atoms with Crippen LogP contribution in [0.3, 0.4) is 0 Å². The van der Waals surface area contributed by atoms with Crippen molar-refractivity contribution in [1.29, 1.82) is 0 Å². The predicted molar refractivity (Wildman–Crippen MR) is 86.7 cm³/mol. The molecule has 0 aromatic carbocycles. The van der Waals surface area contributed by atoms with Gasteiger partial charge in [-0.1, -0.05) is 11.8 Å². The van der Waals surface area contributed by atoms with Crippen LogP contribution in [0.2, 0.25) is 0 Å². The second kappa shape index (κ2) is 15.7. The molecule has 2 atom stereocenters. The average Bonchev–Trinajstić information content (AvgIpc) is 2.35. The Morgan fingerprint density at radius 2 is 1.33 bits per heavy atom. The Hall–Kier alpha value is -0.730. The van der Waals surface area contributed by atoms with E-state index in [2.05, 4.69) is 22.1 Å². The Kier molecular flexibility index (Phi) is 18.8. The van der Waals surface area contributed by atoms with Gasteiger partial charge in [0.15, 0.2) is 10.2 Å². The van der Waals surface area contributed by atoms with E-state index in [1.807, 2.05) is 0 Å². The summed E-state index contributed by atoms with van der Waals surface area (Å²) >= 11 is 9.55. The summed E-state index contributed by atoms with van der Waals surface area (Å²) in [6.07, 6.45) is 0. The van der Waals surface area contributed by atoms with Gasteiger partial charge in [0, 0.05) is 13.8 Å². The van der Waals surface area contributed by atoms with Gasteiger partial charge in [-0.3, -0.25) is 19.2 Å². The van der Waals surface area contributed by atoms with Gasteiger partial charge >= 0.3 is 11.9 Å². The van der Waals surface area contributed by atoms with Crippen molar-refractivity contribution >= 4 is 58.2 Å². The highest BCUT2D eigenvalue weighted by molar-refractivity contribution is 8.14. The van der Waals surface area contributed by atoms with Crippen LogP contribution in [-0.2, 0) is 28.7 Å². The van der Waals surface area contributed by atoms with Crippen molar-refractivity contribution in [3.63, 3.8) is 0 Å². The van der Waals surface area contributed by atoms with Crippen molar-refractivity contribution in [1.82, 2.24) is 0 Å². The number of alkyl halides is 1. The molecule has 0 aromatic heterocycles. The minimum atomic E-state index is -0.523. The van der Waals surface area contributed by atoms with Crippen molar-refractivity contribution in [2.24, 2.45) is 0 Å². The number of thiol groups is 1. The molecule has 0 amide bonds. The number of carbonyl (C=O) groups is 4. The molecular weight excluding hydrogens is 340 g/mol. The summed E-state index contributed by atoms with van der Waals surface area (Å²) in [5.74, 6) is -0.748. The van der Waals surface area contributed by atoms with Crippen LogP contribution >= 0.6 is 36.0 Å². The van der Waals surface area contributed by atoms with E-state index in [-0.39, 0.29) is 27.4 Å². The quantitative estimate of drug-likeness (QED) is 0.468. The van der Waals surface area contributed by atoms with E-state index in [1.165, 1.54) is 28.1 Å². The topological polar surface area (TPSA) is 86.7 Å². The molecule has 21 heavy (non-hydrogen) atoms. The van der Waals surface area contributed by atoms with Gasteiger partial charge in [-0.05, 0) is 13.8 Å². The van der Waals surface area contributed by atoms with Crippen molar-refractivity contribution in [2.45, 2.75) is 38.3 Å². The zero-order valence-electron chi connectivity index (χ0n) is 12.8. The molecule has 0 radical (unpaired) electrons. The number of hydrogen-bond donors (Lipinski definition) is 1. The van der Waals surface area contributed by atoms with Crippen molar-refractivity contribution in [3.8, 4) is 0 Å². The lowest BCUT2D eigenvalue weighted by molar-refractivity contribution is -0.140. The number of thioether (sulfide) groups is 1. The number of carbonyl (C=O) groups excluding carboxylic acids is 4. The molecule has 0 aliphatic heterocycles. The summed E-state index contributed by atoms with van der Waals surface area (Å²) in [5, 5.41) is -1.12. The van der Waals surface area contributed by atoms with Crippen molar-refractivity contribution in [2.75, 3.05) is 14.2 Å². The van der Waals surface area contributed by atoms with Gasteiger partial charge in [0.05, 0.1) is 14.2 Å². The summed E-state index contributed by atoms with van der Waals surface area (Å²) in [7, 11) is 2.61. The Morgan fingerprint density at radius 3 is 1.48 bits per heavy atom. The standard InChI is InChI=1S/C6H10O3S.C4H7ClO2.C2H4OS/c1-4(6(8)9-3)10-5(2)7;1-3(5)4(6)7-2;1-2(3)4/h4H,1-3H3;3H,1-2H3;1H3,(H,3,4)/t4-;3-;/m10./s1. The van der Waals surface area contributed by atoms with Crippen LogP contribution in [0.5, 0.6) is 0 Å². The molecule has 0 heterocycles. The third-order valence-electron chi connectivity index (χ3n) is 1.40. The first-order valence-corrected chi connectivity index (χ1v) is 7.42. The molecule has 0 aromatic rings. The van der Waals surface area contributed by atoms with Gasteiger partial charge in [0.1, 0.15) is 10.6 Å². The number of halogens is 1. The van der Waals surface area contributed by atoms with Crippen molar-refractivity contribution in [3.05, 3.63) is 0 Å². The maximum Gasteiger partial charge on any atom is 0.323 e. The minimum Gasteiger partial charge on any atom is -0.468 e. The summed E-state index contributed by atoms with van der Waals surface area (Å²) in [5.41, 5.74) is 0. The molecule has 0 rings (SSSR count). The number of ether oxygens (including phenoxy) is 2. The van der Waals surface area contributed by atoms with Gasteiger partial charge in [-0.15, -0.1) is 24.2 Å². The molecular formula is C12H21ClO6S2. The van der Waals surface area contributed by atoms with Gasteiger partial charge < -0.3 is 9.47 Å². The van der Waals surface area contributed by atoms with Crippen LogP contribution in [0.25, 0.3) is 0 Å². The maximum absolute atomic E-state index is 10.7. The largest absolute Gasteiger partial charge is 0.468 e.